The number of carbonyl (C=O) groups is 2. The molecule has 0 radical (unpaired) electrons. The summed E-state index contributed by atoms with van der Waals surface area (Å²) in [6.07, 6.45) is 5.09. The number of allylic oxidation sites excluding steroid dienone is 3. The smallest absolute Gasteiger partial charge is 0.331 e. The van der Waals surface area contributed by atoms with Crippen LogP contribution in [-0.2, 0) is 9.59 Å². The summed E-state index contributed by atoms with van der Waals surface area (Å²) in [5, 5.41) is 18.1. The Balaban J connectivity index is 3.30. The van der Waals surface area contributed by atoms with Crippen LogP contribution < -0.4 is 0 Å². The van der Waals surface area contributed by atoms with E-state index in [0.29, 0.717) is 12.0 Å². The molecule has 0 unspecified atom stereocenters. The van der Waals surface area contributed by atoms with Crippen LogP contribution in [0.4, 0.5) is 0 Å². The molecule has 0 atom stereocenters. The van der Waals surface area contributed by atoms with Crippen LogP contribution in [0.1, 0.15) is 25.8 Å². The second-order valence-corrected chi connectivity index (χ2v) is 4.52. The number of hydrogen-bond acceptors (Lipinski definition) is 2. The predicted molar refractivity (Wildman–Crippen MR) is 81.8 cm³/mol. The zero-order chi connectivity index (χ0) is 15.8. The van der Waals surface area contributed by atoms with Crippen LogP contribution in [0.15, 0.2) is 59.2 Å². The molecule has 0 aliphatic heterocycles. The van der Waals surface area contributed by atoms with Crippen LogP contribution in [0.2, 0.25) is 0 Å². The van der Waals surface area contributed by atoms with E-state index in [1.54, 1.807) is 13.0 Å². The van der Waals surface area contributed by atoms with Crippen molar-refractivity contribution in [2.24, 2.45) is 0 Å². The van der Waals surface area contributed by atoms with Crippen molar-refractivity contribution in [3.8, 4) is 0 Å². The maximum Gasteiger partial charge on any atom is 0.331 e. The minimum absolute atomic E-state index is 0.147. The van der Waals surface area contributed by atoms with Crippen molar-refractivity contribution in [3.63, 3.8) is 0 Å². The summed E-state index contributed by atoms with van der Waals surface area (Å²) in [5.74, 6) is -2.03. The standard InChI is InChI=1S/C17H18O4/c1-3-15(17(20)21)11-14(9-12(2)16(18)19)10-13-7-5-4-6-8-13/h4-11H,3H2,1-2H3,(H,18,19)(H,20,21). The molecule has 2 N–H and O–H groups in total. The van der Waals surface area contributed by atoms with Crippen molar-refractivity contribution in [1.29, 1.82) is 0 Å². The third-order valence-electron chi connectivity index (χ3n) is 2.85. The summed E-state index contributed by atoms with van der Waals surface area (Å²) in [7, 11) is 0. The maximum absolute atomic E-state index is 11.1. The average Bonchev–Trinajstić information content (AvgIpc) is 2.45. The van der Waals surface area contributed by atoms with Crippen molar-refractivity contribution in [2.75, 3.05) is 0 Å². The second-order valence-electron chi connectivity index (χ2n) is 4.52. The molecule has 0 aromatic heterocycles. The number of benzene rings is 1. The summed E-state index contributed by atoms with van der Waals surface area (Å²) in [6.45, 7) is 3.22. The fourth-order valence-electron chi connectivity index (χ4n) is 1.69. The molecule has 1 aromatic rings. The normalized spacial score (nSPS) is 13.1. The third-order valence-corrected chi connectivity index (χ3v) is 2.85. The Morgan fingerprint density at radius 1 is 1.05 bits per heavy atom. The van der Waals surface area contributed by atoms with Crippen molar-refractivity contribution >= 4 is 18.0 Å². The number of aliphatic carboxylic acids is 2. The van der Waals surface area contributed by atoms with E-state index in [1.807, 2.05) is 30.3 Å². The molecule has 0 aliphatic rings. The van der Waals surface area contributed by atoms with Crippen LogP contribution in [0.5, 0.6) is 0 Å². The van der Waals surface area contributed by atoms with Gasteiger partial charge in [0.1, 0.15) is 0 Å². The first-order chi connectivity index (χ1) is 9.93. The van der Waals surface area contributed by atoms with Crippen molar-refractivity contribution in [3.05, 3.63) is 64.8 Å². The first-order valence-electron chi connectivity index (χ1n) is 6.56. The van der Waals surface area contributed by atoms with Crippen molar-refractivity contribution < 1.29 is 19.8 Å². The van der Waals surface area contributed by atoms with E-state index >= 15 is 0 Å². The Labute approximate surface area is 123 Å². The van der Waals surface area contributed by atoms with Gasteiger partial charge < -0.3 is 10.2 Å². The van der Waals surface area contributed by atoms with Gasteiger partial charge in [-0.05, 0) is 42.7 Å². The monoisotopic (exact) mass is 286 g/mol. The van der Waals surface area contributed by atoms with E-state index in [2.05, 4.69) is 0 Å². The topological polar surface area (TPSA) is 74.6 Å². The summed E-state index contributed by atoms with van der Waals surface area (Å²) in [4.78, 5) is 22.0. The fourth-order valence-corrected chi connectivity index (χ4v) is 1.69. The maximum atomic E-state index is 11.1. The molecule has 0 heterocycles. The Kier molecular flexibility index (Phi) is 6.14. The van der Waals surface area contributed by atoms with E-state index < -0.39 is 11.9 Å². The lowest BCUT2D eigenvalue weighted by atomic mass is 10.0. The highest BCUT2D eigenvalue weighted by Crippen LogP contribution is 2.15. The summed E-state index contributed by atoms with van der Waals surface area (Å²) < 4.78 is 0. The number of carboxylic acid groups (broad SMARTS) is 2. The molecular weight excluding hydrogens is 268 g/mol. The van der Waals surface area contributed by atoms with Gasteiger partial charge >= 0.3 is 11.9 Å². The van der Waals surface area contributed by atoms with Gasteiger partial charge in [0.25, 0.3) is 0 Å². The lowest BCUT2D eigenvalue weighted by Gasteiger charge is -2.02. The van der Waals surface area contributed by atoms with Gasteiger partial charge in [0.05, 0.1) is 0 Å². The lowest BCUT2D eigenvalue weighted by Crippen LogP contribution is -2.00. The van der Waals surface area contributed by atoms with Crippen LogP contribution >= 0.6 is 0 Å². The summed E-state index contributed by atoms with van der Waals surface area (Å²) >= 11 is 0. The Bertz CT molecular complexity index is 607. The molecule has 0 bridgehead atoms. The number of carboxylic acids is 2. The predicted octanol–water partition coefficient (Wildman–Crippen LogP) is 3.52. The second kappa shape index (κ2) is 7.85. The van der Waals surface area contributed by atoms with Gasteiger partial charge in [-0.3, -0.25) is 0 Å². The molecule has 1 aromatic carbocycles. The highest BCUT2D eigenvalue weighted by atomic mass is 16.4. The van der Waals surface area contributed by atoms with E-state index in [1.165, 1.54) is 19.1 Å². The van der Waals surface area contributed by atoms with Crippen molar-refractivity contribution in [1.82, 2.24) is 0 Å². The summed E-state index contributed by atoms with van der Waals surface area (Å²) in [5.41, 5.74) is 1.79. The fraction of sp³-hybridized carbons (Fsp3) is 0.176. The Morgan fingerprint density at radius 2 is 1.67 bits per heavy atom. The molecule has 1 rings (SSSR count). The van der Waals surface area contributed by atoms with E-state index in [9.17, 15) is 9.59 Å². The minimum atomic E-state index is -1.03. The van der Waals surface area contributed by atoms with E-state index in [0.717, 1.165) is 5.56 Å². The van der Waals surface area contributed by atoms with E-state index in [4.69, 9.17) is 10.2 Å². The van der Waals surface area contributed by atoms with Crippen LogP contribution in [0, 0.1) is 0 Å². The molecule has 0 saturated heterocycles. The lowest BCUT2D eigenvalue weighted by molar-refractivity contribution is -0.133. The molecule has 0 fully saturated rings. The number of rotatable bonds is 6. The average molecular weight is 286 g/mol. The highest BCUT2D eigenvalue weighted by Gasteiger charge is 2.06. The van der Waals surface area contributed by atoms with Gasteiger partial charge in [0.2, 0.25) is 0 Å². The van der Waals surface area contributed by atoms with Gasteiger partial charge in [0.15, 0.2) is 0 Å². The number of hydrogen-bond donors (Lipinski definition) is 2. The molecule has 21 heavy (non-hydrogen) atoms. The SMILES string of the molecule is CCC(=CC(=Cc1ccccc1)C=C(C)C(=O)O)C(=O)O. The zero-order valence-electron chi connectivity index (χ0n) is 12.0. The quantitative estimate of drug-likeness (QED) is 0.619. The van der Waals surface area contributed by atoms with Gasteiger partial charge in [-0.25, -0.2) is 9.59 Å². The third kappa shape index (κ3) is 5.48. The summed E-state index contributed by atoms with van der Waals surface area (Å²) in [6, 6.07) is 9.33. The first-order valence-corrected chi connectivity index (χ1v) is 6.56. The first kappa shape index (κ1) is 16.4. The van der Waals surface area contributed by atoms with Gasteiger partial charge in [-0.1, -0.05) is 37.3 Å². The zero-order valence-corrected chi connectivity index (χ0v) is 12.0. The molecule has 0 amide bonds. The van der Waals surface area contributed by atoms with Gasteiger partial charge in [-0.2, -0.15) is 0 Å². The molecule has 0 spiro atoms. The highest BCUT2D eigenvalue weighted by molar-refractivity contribution is 5.89. The molecule has 0 aliphatic carbocycles. The van der Waals surface area contributed by atoms with Crippen LogP contribution in [-0.4, -0.2) is 22.2 Å². The molecule has 4 heteroatoms. The van der Waals surface area contributed by atoms with E-state index in [-0.39, 0.29) is 11.1 Å². The van der Waals surface area contributed by atoms with Gasteiger partial charge in [-0.15, -0.1) is 0 Å². The van der Waals surface area contributed by atoms with Gasteiger partial charge in [0, 0.05) is 11.1 Å². The Morgan fingerprint density at radius 3 is 2.14 bits per heavy atom. The van der Waals surface area contributed by atoms with Crippen molar-refractivity contribution in [2.45, 2.75) is 20.3 Å². The van der Waals surface area contributed by atoms with Crippen LogP contribution in [0.3, 0.4) is 0 Å². The Hall–Kier alpha value is -2.62. The minimum Gasteiger partial charge on any atom is -0.478 e. The molecule has 4 nitrogen and oxygen atoms in total. The molecule has 110 valence electrons. The molecular formula is C17H18O4. The molecule has 0 saturated carbocycles. The largest absolute Gasteiger partial charge is 0.478 e. The van der Waals surface area contributed by atoms with Crippen LogP contribution in [0.25, 0.3) is 6.08 Å².